The molecular formula is C16H18ClN7O2S. The van der Waals surface area contributed by atoms with E-state index < -0.39 is 6.03 Å². The number of hydrazine groups is 2. The summed E-state index contributed by atoms with van der Waals surface area (Å²) < 4.78 is 7.94. The molecule has 0 fully saturated rings. The molecule has 0 spiro atoms. The highest BCUT2D eigenvalue weighted by atomic mass is 35.5. The Labute approximate surface area is 164 Å². The third kappa shape index (κ3) is 4.19. The average molecular weight is 408 g/mol. The van der Waals surface area contributed by atoms with Crippen molar-refractivity contribution in [2.24, 2.45) is 11.7 Å². The molecule has 11 heteroatoms. The number of aromatic nitrogens is 3. The van der Waals surface area contributed by atoms with E-state index in [2.05, 4.69) is 10.1 Å². The molecular weight excluding hydrogens is 390 g/mol. The molecule has 0 aliphatic rings. The number of urea groups is 1. The van der Waals surface area contributed by atoms with Gasteiger partial charge in [-0.3, -0.25) is 5.01 Å². The molecule has 4 N–H and O–H groups in total. The molecule has 3 rings (SSSR count). The van der Waals surface area contributed by atoms with Crippen LogP contribution in [0.5, 0.6) is 5.88 Å². The van der Waals surface area contributed by atoms with E-state index in [9.17, 15) is 4.79 Å². The van der Waals surface area contributed by atoms with Gasteiger partial charge in [0, 0.05) is 24.9 Å². The van der Waals surface area contributed by atoms with E-state index in [1.54, 1.807) is 35.3 Å². The van der Waals surface area contributed by atoms with Crippen LogP contribution in [0.15, 0.2) is 36.7 Å². The molecule has 0 atom stereocenters. The van der Waals surface area contributed by atoms with E-state index in [1.165, 1.54) is 18.4 Å². The minimum Gasteiger partial charge on any atom is -0.472 e. The highest BCUT2D eigenvalue weighted by Crippen LogP contribution is 2.25. The second-order valence-corrected chi connectivity index (χ2v) is 7.31. The molecule has 0 radical (unpaired) electrons. The second-order valence-electron chi connectivity index (χ2n) is 5.67. The number of anilines is 1. The largest absolute Gasteiger partial charge is 0.472 e. The van der Waals surface area contributed by atoms with Crippen LogP contribution in [-0.4, -0.2) is 32.9 Å². The summed E-state index contributed by atoms with van der Waals surface area (Å²) in [5.41, 5.74) is 2.17. The molecule has 0 saturated carbocycles. The fraction of sp³-hybridized carbons (Fsp3) is 0.188. The van der Waals surface area contributed by atoms with E-state index in [0.717, 1.165) is 21.1 Å². The first-order valence-corrected chi connectivity index (χ1v) is 9.02. The minimum absolute atomic E-state index is 0.174. The van der Waals surface area contributed by atoms with Crippen LogP contribution in [0.3, 0.4) is 0 Å². The lowest BCUT2D eigenvalue weighted by Gasteiger charge is -2.24. The Morgan fingerprint density at radius 3 is 2.81 bits per heavy atom. The number of benzene rings is 1. The smallest absolute Gasteiger partial charge is 0.352 e. The summed E-state index contributed by atoms with van der Waals surface area (Å²) in [5, 5.41) is 6.85. The van der Waals surface area contributed by atoms with E-state index in [0.29, 0.717) is 21.0 Å². The van der Waals surface area contributed by atoms with Crippen molar-refractivity contribution in [2.45, 2.75) is 13.5 Å². The van der Waals surface area contributed by atoms with Crippen LogP contribution >= 0.6 is 22.9 Å². The third-order valence-electron chi connectivity index (χ3n) is 3.74. The fourth-order valence-corrected chi connectivity index (χ4v) is 3.20. The number of carbonyl (C=O) groups is 1. The summed E-state index contributed by atoms with van der Waals surface area (Å²) in [6.45, 7) is 2.08. The van der Waals surface area contributed by atoms with Gasteiger partial charge >= 0.3 is 6.03 Å². The van der Waals surface area contributed by atoms with E-state index in [4.69, 9.17) is 28.0 Å². The van der Waals surface area contributed by atoms with Gasteiger partial charge in [-0.2, -0.15) is 0 Å². The Bertz CT molecular complexity index is 956. The number of hydrogen-bond donors (Lipinski definition) is 2. The van der Waals surface area contributed by atoms with Gasteiger partial charge in [0.25, 0.3) is 0 Å². The van der Waals surface area contributed by atoms with Gasteiger partial charge in [-0.05, 0) is 18.6 Å². The minimum atomic E-state index is -0.549. The van der Waals surface area contributed by atoms with Crippen LogP contribution in [0.25, 0.3) is 5.13 Å². The molecule has 0 unspecified atom stereocenters. The first-order valence-electron chi connectivity index (χ1n) is 7.82. The third-order valence-corrected chi connectivity index (χ3v) is 4.85. The normalized spacial score (nSPS) is 10.7. The van der Waals surface area contributed by atoms with Crippen LogP contribution < -0.4 is 21.4 Å². The first-order chi connectivity index (χ1) is 12.9. The molecule has 0 aliphatic carbocycles. The van der Waals surface area contributed by atoms with Gasteiger partial charge in [-0.25, -0.2) is 31.2 Å². The topological polar surface area (TPSA) is 116 Å². The zero-order valence-electron chi connectivity index (χ0n) is 14.7. The molecule has 2 amide bonds. The monoisotopic (exact) mass is 407 g/mol. The Morgan fingerprint density at radius 1 is 1.37 bits per heavy atom. The zero-order valence-corrected chi connectivity index (χ0v) is 16.2. The Hall–Kier alpha value is -2.66. The summed E-state index contributed by atoms with van der Waals surface area (Å²) in [5.74, 6) is 11.8. The van der Waals surface area contributed by atoms with E-state index in [-0.39, 0.29) is 6.61 Å². The maximum absolute atomic E-state index is 12.1. The summed E-state index contributed by atoms with van der Waals surface area (Å²) in [4.78, 5) is 16.2. The van der Waals surface area contributed by atoms with Crippen LogP contribution in [0, 0.1) is 6.92 Å². The van der Waals surface area contributed by atoms with Gasteiger partial charge in [0.05, 0.1) is 11.9 Å². The van der Waals surface area contributed by atoms with Crippen molar-refractivity contribution in [3.05, 3.63) is 52.1 Å². The standard InChI is InChI=1S/C16H18ClN7O2S/c1-10-4-3-5-12(24(19)16(25)22(2)18)11(10)9-26-14-6-7-23(21-14)15-20-8-13(17)27-15/h3-8H,9,18-19H2,1-2H3. The molecule has 2 heterocycles. The van der Waals surface area contributed by atoms with Gasteiger partial charge in [0.2, 0.25) is 11.0 Å². The first kappa shape index (κ1) is 19.1. The number of rotatable bonds is 5. The average Bonchev–Trinajstić information content (AvgIpc) is 3.28. The summed E-state index contributed by atoms with van der Waals surface area (Å²) >= 11 is 7.20. The number of nitrogens with two attached hydrogens (primary N) is 2. The van der Waals surface area contributed by atoms with Crippen molar-refractivity contribution in [2.75, 3.05) is 12.1 Å². The summed E-state index contributed by atoms with van der Waals surface area (Å²) in [7, 11) is 1.42. The highest BCUT2D eigenvalue weighted by molar-refractivity contribution is 7.18. The summed E-state index contributed by atoms with van der Waals surface area (Å²) in [6, 6.07) is 6.60. The molecule has 142 valence electrons. The molecule has 27 heavy (non-hydrogen) atoms. The van der Waals surface area contributed by atoms with Gasteiger partial charge in [-0.15, -0.1) is 5.10 Å². The van der Waals surface area contributed by atoms with Gasteiger partial charge < -0.3 is 4.74 Å². The van der Waals surface area contributed by atoms with Crippen molar-refractivity contribution in [1.29, 1.82) is 0 Å². The SMILES string of the molecule is Cc1cccc(N(N)C(=O)N(C)N)c1COc1ccn(-c2ncc(Cl)s2)n1. The fourth-order valence-electron chi connectivity index (χ4n) is 2.36. The molecule has 9 nitrogen and oxygen atoms in total. The van der Waals surface area contributed by atoms with Crippen molar-refractivity contribution < 1.29 is 9.53 Å². The number of nitrogens with zero attached hydrogens (tertiary/aromatic N) is 5. The van der Waals surface area contributed by atoms with Crippen molar-refractivity contribution >= 4 is 34.7 Å². The highest BCUT2D eigenvalue weighted by Gasteiger charge is 2.19. The number of ether oxygens (including phenoxy) is 1. The Kier molecular flexibility index (Phi) is 5.61. The van der Waals surface area contributed by atoms with Gasteiger partial charge in [0.15, 0.2) is 0 Å². The number of hydrogen-bond acceptors (Lipinski definition) is 7. The quantitative estimate of drug-likeness (QED) is 0.381. The van der Waals surface area contributed by atoms with Crippen LogP contribution in [0.1, 0.15) is 11.1 Å². The second kappa shape index (κ2) is 7.92. The number of aryl methyl sites for hydroxylation is 1. The maximum atomic E-state index is 12.1. The molecule has 3 aromatic rings. The number of carbonyl (C=O) groups excluding carboxylic acids is 1. The van der Waals surface area contributed by atoms with E-state index >= 15 is 0 Å². The predicted molar refractivity (Wildman–Crippen MR) is 104 cm³/mol. The number of thiazole rings is 1. The number of amides is 2. The maximum Gasteiger partial charge on any atom is 0.352 e. The van der Waals surface area contributed by atoms with Crippen molar-refractivity contribution in [3.8, 4) is 11.0 Å². The summed E-state index contributed by atoms with van der Waals surface area (Å²) in [6.07, 6.45) is 3.29. The van der Waals surface area contributed by atoms with Crippen LogP contribution in [-0.2, 0) is 6.61 Å². The van der Waals surface area contributed by atoms with Gasteiger partial charge in [-0.1, -0.05) is 35.1 Å². The molecule has 0 bridgehead atoms. The lowest BCUT2D eigenvalue weighted by Crippen LogP contribution is -2.49. The van der Waals surface area contributed by atoms with Crippen molar-refractivity contribution in [1.82, 2.24) is 19.8 Å². The molecule has 0 saturated heterocycles. The Morgan fingerprint density at radius 2 is 2.15 bits per heavy atom. The van der Waals surface area contributed by atoms with Crippen LogP contribution in [0.4, 0.5) is 10.5 Å². The van der Waals surface area contributed by atoms with Gasteiger partial charge in [0.1, 0.15) is 10.9 Å². The lowest BCUT2D eigenvalue weighted by molar-refractivity contribution is 0.216. The molecule has 1 aromatic carbocycles. The number of halogens is 1. The predicted octanol–water partition coefficient (Wildman–Crippen LogP) is 2.48. The van der Waals surface area contributed by atoms with Crippen LogP contribution in [0.2, 0.25) is 4.34 Å². The Balaban J connectivity index is 1.78. The zero-order chi connectivity index (χ0) is 19.6. The molecule has 0 aliphatic heterocycles. The lowest BCUT2D eigenvalue weighted by atomic mass is 10.1. The van der Waals surface area contributed by atoms with E-state index in [1.807, 2.05) is 13.0 Å². The van der Waals surface area contributed by atoms with Crippen molar-refractivity contribution in [3.63, 3.8) is 0 Å². The molecule has 2 aromatic heterocycles.